The Hall–Kier alpha value is -4.64. The summed E-state index contributed by atoms with van der Waals surface area (Å²) in [6.45, 7) is 0. The van der Waals surface area contributed by atoms with Crippen molar-refractivity contribution in [3.8, 4) is 22.4 Å². The van der Waals surface area contributed by atoms with Crippen LogP contribution in [-0.2, 0) is 11.2 Å². The summed E-state index contributed by atoms with van der Waals surface area (Å²) in [5, 5.41) is 5.87. The third-order valence-corrected chi connectivity index (χ3v) is 7.54. The highest BCUT2D eigenvalue weighted by Gasteiger charge is 2.36. The molecule has 1 saturated carbocycles. The first-order valence-corrected chi connectivity index (χ1v) is 13.0. The molecule has 0 bridgehead atoms. The smallest absolute Gasteiger partial charge is 0.279 e. The number of carbonyl (C=O) groups is 2. The first-order valence-electron chi connectivity index (χ1n) is 13.0. The molecule has 0 radical (unpaired) electrons. The largest absolute Gasteiger partial charge is 0.299 e. The maximum absolute atomic E-state index is 14.3. The lowest BCUT2D eigenvalue weighted by Gasteiger charge is -2.22. The summed E-state index contributed by atoms with van der Waals surface area (Å²) in [5.74, 6) is 0.165. The van der Waals surface area contributed by atoms with Crippen molar-refractivity contribution in [2.24, 2.45) is 5.92 Å². The molecule has 0 unspecified atom stereocenters. The van der Waals surface area contributed by atoms with Crippen LogP contribution in [-0.4, -0.2) is 26.5 Å². The third-order valence-electron chi connectivity index (χ3n) is 7.54. The number of hydrogen-bond acceptors (Lipinski definition) is 4. The van der Waals surface area contributed by atoms with Gasteiger partial charge in [0.2, 0.25) is 0 Å². The van der Waals surface area contributed by atoms with Crippen LogP contribution in [0, 0.1) is 5.92 Å². The molecule has 0 atom stereocenters. The topological polar surface area (TPSA) is 64.8 Å². The van der Waals surface area contributed by atoms with E-state index in [4.69, 9.17) is 5.10 Å². The lowest BCUT2D eigenvalue weighted by molar-refractivity contribution is -0.119. The van der Waals surface area contributed by atoms with Crippen LogP contribution in [0.1, 0.15) is 35.3 Å². The van der Waals surface area contributed by atoms with Crippen LogP contribution in [0.25, 0.3) is 38.9 Å². The highest BCUT2D eigenvalue weighted by atomic mass is 16.2. The Morgan fingerprint density at radius 1 is 0.842 bits per heavy atom. The van der Waals surface area contributed by atoms with Gasteiger partial charge >= 0.3 is 0 Å². The van der Waals surface area contributed by atoms with E-state index in [1.165, 1.54) is 0 Å². The number of rotatable bonds is 6. The van der Waals surface area contributed by atoms with Gasteiger partial charge in [0.25, 0.3) is 5.91 Å². The van der Waals surface area contributed by atoms with Crippen LogP contribution in [0.5, 0.6) is 0 Å². The molecule has 3 heterocycles. The van der Waals surface area contributed by atoms with Crippen molar-refractivity contribution >= 4 is 28.2 Å². The predicted molar refractivity (Wildman–Crippen MR) is 148 cm³/mol. The summed E-state index contributed by atoms with van der Waals surface area (Å²) >= 11 is 0. The predicted octanol–water partition coefficient (Wildman–Crippen LogP) is 6.78. The molecule has 0 amide bonds. The summed E-state index contributed by atoms with van der Waals surface area (Å²) in [6.07, 6.45) is 4.44. The van der Waals surface area contributed by atoms with Crippen molar-refractivity contribution in [3.05, 3.63) is 114 Å². The average Bonchev–Trinajstić information content (AvgIpc) is 3.75. The number of carbonyl (C=O) groups excluding carboxylic acids is 2. The second-order valence-corrected chi connectivity index (χ2v) is 10.1. The van der Waals surface area contributed by atoms with E-state index < -0.39 is 0 Å². The highest BCUT2D eigenvalue weighted by Crippen LogP contribution is 2.42. The van der Waals surface area contributed by atoms with Gasteiger partial charge in [0.1, 0.15) is 11.5 Å². The van der Waals surface area contributed by atoms with Crippen molar-refractivity contribution in [1.82, 2.24) is 14.8 Å². The van der Waals surface area contributed by atoms with E-state index in [0.717, 1.165) is 63.0 Å². The second kappa shape index (κ2) is 9.03. The number of ketones is 1. The minimum atomic E-state index is -0.188. The molecule has 3 aromatic carbocycles. The molecule has 1 aliphatic heterocycles. The van der Waals surface area contributed by atoms with Gasteiger partial charge in [-0.15, -0.1) is 0 Å². The van der Waals surface area contributed by atoms with Gasteiger partial charge in [-0.1, -0.05) is 72.8 Å². The molecule has 2 aromatic heterocycles. The number of benzene rings is 3. The lowest BCUT2D eigenvalue weighted by Crippen LogP contribution is -2.25. The standard InChI is InChI=1S/C33H25N3O2/c37-29(21-13-14-21)20-26-19-28-31(22-8-3-1-4-9-22)32(23-10-5-2-6-11-23)35-36(28)33(38)30(26)25-15-16-27-24(18-25)12-7-17-34-27/h1-12,15-18,21H,13-14,19-20H2. The summed E-state index contributed by atoms with van der Waals surface area (Å²) < 4.78 is 1.57. The molecule has 5 aromatic rings. The van der Waals surface area contributed by atoms with Gasteiger partial charge < -0.3 is 0 Å². The van der Waals surface area contributed by atoms with Gasteiger partial charge in [-0.05, 0) is 47.7 Å². The van der Waals surface area contributed by atoms with Crippen LogP contribution in [0.2, 0.25) is 0 Å². The van der Waals surface area contributed by atoms with Crippen molar-refractivity contribution < 1.29 is 9.59 Å². The van der Waals surface area contributed by atoms with Crippen LogP contribution in [0.4, 0.5) is 0 Å². The van der Waals surface area contributed by atoms with E-state index in [1.807, 2.05) is 78.9 Å². The Labute approximate surface area is 220 Å². The van der Waals surface area contributed by atoms with Crippen LogP contribution >= 0.6 is 0 Å². The van der Waals surface area contributed by atoms with Crippen LogP contribution in [0.15, 0.2) is 103 Å². The molecule has 5 heteroatoms. The molecule has 5 nitrogen and oxygen atoms in total. The molecule has 38 heavy (non-hydrogen) atoms. The molecule has 0 N–H and O–H groups in total. The molecule has 184 valence electrons. The van der Waals surface area contributed by atoms with E-state index in [0.29, 0.717) is 12.0 Å². The monoisotopic (exact) mass is 495 g/mol. The van der Waals surface area contributed by atoms with Crippen molar-refractivity contribution in [3.63, 3.8) is 0 Å². The number of nitrogens with zero attached hydrogens (tertiary/aromatic N) is 3. The fraction of sp³-hybridized carbons (Fsp3) is 0.152. The Morgan fingerprint density at radius 2 is 1.58 bits per heavy atom. The van der Waals surface area contributed by atoms with Gasteiger partial charge in [-0.3, -0.25) is 14.6 Å². The zero-order valence-corrected chi connectivity index (χ0v) is 20.8. The number of fused-ring (bicyclic) bond motifs is 2. The molecule has 0 saturated heterocycles. The molecule has 7 rings (SSSR count). The van der Waals surface area contributed by atoms with E-state index in [1.54, 1.807) is 10.9 Å². The number of hydrogen-bond donors (Lipinski definition) is 0. The zero-order valence-electron chi connectivity index (χ0n) is 20.8. The molecule has 1 aliphatic carbocycles. The van der Waals surface area contributed by atoms with E-state index in [-0.39, 0.29) is 24.0 Å². The minimum Gasteiger partial charge on any atom is -0.299 e. The van der Waals surface area contributed by atoms with Gasteiger partial charge in [0.05, 0.1) is 11.2 Å². The lowest BCUT2D eigenvalue weighted by atomic mass is 9.86. The Morgan fingerprint density at radius 3 is 2.32 bits per heavy atom. The number of pyridine rings is 1. The first kappa shape index (κ1) is 22.5. The van der Waals surface area contributed by atoms with Gasteiger partial charge in [-0.2, -0.15) is 9.78 Å². The SMILES string of the molecule is O=C(CC1=C(c2ccc3ncccc3c2)C(=O)n2nc(-c3ccccc3)c(-c3ccccc3)c2C1)C1CC1. The number of allylic oxidation sites excluding steroid dienone is 2. The summed E-state index contributed by atoms with van der Waals surface area (Å²) in [7, 11) is 0. The van der Waals surface area contributed by atoms with E-state index in [9.17, 15) is 9.59 Å². The Kier molecular flexibility index (Phi) is 5.36. The maximum Gasteiger partial charge on any atom is 0.279 e. The highest BCUT2D eigenvalue weighted by molar-refractivity contribution is 6.24. The van der Waals surface area contributed by atoms with E-state index in [2.05, 4.69) is 17.1 Å². The third kappa shape index (κ3) is 3.88. The van der Waals surface area contributed by atoms with Crippen molar-refractivity contribution in [1.29, 1.82) is 0 Å². The average molecular weight is 496 g/mol. The fourth-order valence-corrected chi connectivity index (χ4v) is 5.51. The summed E-state index contributed by atoms with van der Waals surface area (Å²) in [6, 6.07) is 29.8. The van der Waals surface area contributed by atoms with Gasteiger partial charge in [0, 0.05) is 47.0 Å². The quantitative estimate of drug-likeness (QED) is 0.260. The van der Waals surface area contributed by atoms with Crippen LogP contribution < -0.4 is 0 Å². The number of aromatic nitrogens is 3. The fourth-order valence-electron chi connectivity index (χ4n) is 5.51. The normalized spacial score (nSPS) is 15.1. The Balaban J connectivity index is 1.43. The zero-order chi connectivity index (χ0) is 25.6. The minimum absolute atomic E-state index is 0.125. The summed E-state index contributed by atoms with van der Waals surface area (Å²) in [5.41, 5.74) is 7.65. The second-order valence-electron chi connectivity index (χ2n) is 10.1. The molecular formula is C33H25N3O2. The number of Topliss-reactive ketones (excluding diaryl/α,β-unsaturated/α-hetero) is 1. The molecular weight excluding hydrogens is 470 g/mol. The van der Waals surface area contributed by atoms with Crippen molar-refractivity contribution in [2.45, 2.75) is 25.7 Å². The molecule has 0 spiro atoms. The van der Waals surface area contributed by atoms with Crippen LogP contribution in [0.3, 0.4) is 0 Å². The first-order chi connectivity index (χ1) is 18.7. The van der Waals surface area contributed by atoms with Gasteiger partial charge in [0.15, 0.2) is 0 Å². The molecule has 2 aliphatic rings. The Bertz CT molecular complexity index is 1750. The van der Waals surface area contributed by atoms with Crippen molar-refractivity contribution in [2.75, 3.05) is 0 Å². The molecule has 1 fully saturated rings. The maximum atomic E-state index is 14.3. The van der Waals surface area contributed by atoms with Gasteiger partial charge in [-0.25, -0.2) is 0 Å². The van der Waals surface area contributed by atoms with E-state index >= 15 is 0 Å². The summed E-state index contributed by atoms with van der Waals surface area (Å²) in [4.78, 5) is 31.8.